The van der Waals surface area contributed by atoms with Gasteiger partial charge in [0.2, 0.25) is 0 Å². The summed E-state index contributed by atoms with van der Waals surface area (Å²) in [5.41, 5.74) is 6.35. The van der Waals surface area contributed by atoms with Crippen molar-refractivity contribution in [1.29, 1.82) is 0 Å². The van der Waals surface area contributed by atoms with Gasteiger partial charge in [0.05, 0.1) is 51.4 Å². The fourth-order valence-corrected chi connectivity index (χ4v) is 6.54. The third-order valence-electron chi connectivity index (χ3n) is 5.31. The van der Waals surface area contributed by atoms with Gasteiger partial charge in [-0.05, 0) is 38.1 Å². The summed E-state index contributed by atoms with van der Waals surface area (Å²) in [4.78, 5) is 25.1. The molecule has 3 rings (SSSR count). The number of benzene rings is 2. The average molecular weight is 619 g/mol. The molecule has 0 aliphatic carbocycles. The highest BCUT2D eigenvalue weighted by Gasteiger charge is 2.20. The first kappa shape index (κ1) is 31.7. The van der Waals surface area contributed by atoms with Gasteiger partial charge in [0.15, 0.2) is 31.7 Å². The minimum Gasteiger partial charge on any atom is -0.493 e. The van der Waals surface area contributed by atoms with Crippen molar-refractivity contribution in [3.05, 3.63) is 47.5 Å². The third kappa shape index (κ3) is 8.83. The van der Waals surface area contributed by atoms with Crippen LogP contribution in [0.25, 0.3) is 0 Å². The molecule has 0 bridgehead atoms. The van der Waals surface area contributed by atoms with Crippen LogP contribution in [0.15, 0.2) is 55.3 Å². The standard InChI is InChI=1S/C26H30N6O6S3/c1-15(23(33)29-27-13-17-9-7-11-19(35-3)21(17)37-5)39-25-31-32-26(41-25)40-16(2)24(34)30-28-14-18-10-8-12-20(36-4)22(18)38-6/h7-16H,1-6H3,(H,29,33)(H,30,34)/b27-13+,28-14+. The quantitative estimate of drug-likeness (QED) is 0.155. The molecule has 0 aliphatic heterocycles. The van der Waals surface area contributed by atoms with E-state index in [2.05, 4.69) is 31.3 Å². The van der Waals surface area contributed by atoms with Crippen molar-refractivity contribution in [3.8, 4) is 23.0 Å². The molecule has 2 unspecified atom stereocenters. The Morgan fingerprint density at radius 3 is 1.54 bits per heavy atom. The lowest BCUT2D eigenvalue weighted by molar-refractivity contribution is -0.121. The van der Waals surface area contributed by atoms with Crippen LogP contribution in [-0.2, 0) is 9.59 Å². The summed E-state index contributed by atoms with van der Waals surface area (Å²) in [5, 5.41) is 15.4. The molecular formula is C26H30N6O6S3. The molecule has 0 fully saturated rings. The van der Waals surface area contributed by atoms with Crippen LogP contribution in [0.1, 0.15) is 25.0 Å². The van der Waals surface area contributed by atoms with Crippen LogP contribution in [0.2, 0.25) is 0 Å². The Morgan fingerprint density at radius 2 is 1.17 bits per heavy atom. The number of hydrogen-bond acceptors (Lipinski definition) is 13. The molecule has 2 N–H and O–H groups in total. The summed E-state index contributed by atoms with van der Waals surface area (Å²) >= 11 is 3.77. The van der Waals surface area contributed by atoms with E-state index >= 15 is 0 Å². The van der Waals surface area contributed by atoms with Crippen molar-refractivity contribution < 1.29 is 28.5 Å². The minimum atomic E-state index is -0.492. The van der Waals surface area contributed by atoms with E-state index in [0.717, 1.165) is 0 Å². The van der Waals surface area contributed by atoms with Crippen LogP contribution < -0.4 is 29.8 Å². The van der Waals surface area contributed by atoms with Crippen LogP contribution in [0, 0.1) is 0 Å². The Kier molecular flexibility index (Phi) is 12.2. The van der Waals surface area contributed by atoms with Gasteiger partial charge < -0.3 is 18.9 Å². The van der Waals surface area contributed by atoms with Crippen LogP contribution in [-0.4, -0.2) is 73.4 Å². The SMILES string of the molecule is COc1cccc(/C=N/NC(=O)C(C)Sc2nnc(SC(C)C(=O)N/N=C/c3cccc(OC)c3OC)s2)c1OC. The molecule has 1 aromatic heterocycles. The Hall–Kier alpha value is -3.82. The molecule has 12 nitrogen and oxygen atoms in total. The number of carbonyl (C=O) groups is 2. The maximum Gasteiger partial charge on any atom is 0.253 e. The zero-order valence-electron chi connectivity index (χ0n) is 23.2. The molecule has 1 heterocycles. The maximum atomic E-state index is 12.5. The molecule has 41 heavy (non-hydrogen) atoms. The van der Waals surface area contributed by atoms with Crippen LogP contribution in [0.5, 0.6) is 23.0 Å². The molecule has 2 atom stereocenters. The molecule has 0 saturated carbocycles. The first-order valence-corrected chi connectivity index (χ1v) is 14.6. The zero-order valence-corrected chi connectivity index (χ0v) is 25.7. The average Bonchev–Trinajstić information content (AvgIpc) is 3.42. The lowest BCUT2D eigenvalue weighted by atomic mass is 10.2. The predicted octanol–water partition coefficient (Wildman–Crippen LogP) is 3.83. The first-order valence-electron chi connectivity index (χ1n) is 12.1. The van der Waals surface area contributed by atoms with E-state index < -0.39 is 10.5 Å². The van der Waals surface area contributed by atoms with Crippen molar-refractivity contribution in [3.63, 3.8) is 0 Å². The van der Waals surface area contributed by atoms with Gasteiger partial charge in [-0.3, -0.25) is 9.59 Å². The largest absolute Gasteiger partial charge is 0.493 e. The number of para-hydroxylation sites is 2. The summed E-state index contributed by atoms with van der Waals surface area (Å²) in [5.74, 6) is 1.53. The Labute approximate surface area is 250 Å². The van der Waals surface area contributed by atoms with Gasteiger partial charge in [-0.15, -0.1) is 10.2 Å². The van der Waals surface area contributed by atoms with E-state index in [1.165, 1.54) is 61.5 Å². The fraction of sp³-hybridized carbons (Fsp3) is 0.308. The van der Waals surface area contributed by atoms with Gasteiger partial charge >= 0.3 is 0 Å². The molecule has 2 amide bonds. The number of aromatic nitrogens is 2. The van der Waals surface area contributed by atoms with E-state index in [9.17, 15) is 9.59 Å². The number of hydrogen-bond donors (Lipinski definition) is 2. The normalized spacial score (nSPS) is 12.6. The van der Waals surface area contributed by atoms with Crippen LogP contribution in [0.4, 0.5) is 0 Å². The number of amides is 2. The number of nitrogens with one attached hydrogen (secondary N) is 2. The van der Waals surface area contributed by atoms with Crippen molar-refractivity contribution in [2.45, 2.75) is 33.0 Å². The summed E-state index contributed by atoms with van der Waals surface area (Å²) < 4.78 is 22.4. The maximum absolute atomic E-state index is 12.5. The topological polar surface area (TPSA) is 146 Å². The third-order valence-corrected chi connectivity index (χ3v) is 8.60. The van der Waals surface area contributed by atoms with Crippen molar-refractivity contribution >= 4 is 59.1 Å². The Bertz CT molecular complexity index is 1300. The van der Waals surface area contributed by atoms with E-state index in [1.807, 2.05) is 0 Å². The van der Waals surface area contributed by atoms with E-state index in [1.54, 1.807) is 64.5 Å². The Balaban J connectivity index is 1.49. The van der Waals surface area contributed by atoms with Gasteiger partial charge in [0.1, 0.15) is 0 Å². The second kappa shape index (κ2) is 15.8. The van der Waals surface area contributed by atoms with Gasteiger partial charge in [0, 0.05) is 11.1 Å². The van der Waals surface area contributed by atoms with Gasteiger partial charge in [-0.1, -0.05) is 47.0 Å². The number of methoxy groups -OCH3 is 4. The lowest BCUT2D eigenvalue weighted by Crippen LogP contribution is -2.26. The zero-order chi connectivity index (χ0) is 29.8. The minimum absolute atomic E-state index is 0.309. The molecule has 3 aromatic rings. The smallest absolute Gasteiger partial charge is 0.253 e. The van der Waals surface area contributed by atoms with E-state index in [4.69, 9.17) is 18.9 Å². The summed E-state index contributed by atoms with van der Waals surface area (Å²) in [6.45, 7) is 3.47. The number of thioether (sulfide) groups is 2. The highest BCUT2D eigenvalue weighted by Crippen LogP contribution is 2.33. The highest BCUT2D eigenvalue weighted by molar-refractivity contribution is 8.04. The summed E-state index contributed by atoms with van der Waals surface area (Å²) in [6.07, 6.45) is 2.97. The van der Waals surface area contributed by atoms with Crippen LogP contribution in [0.3, 0.4) is 0 Å². The number of nitrogens with zero attached hydrogens (tertiary/aromatic N) is 4. The van der Waals surface area contributed by atoms with Gasteiger partial charge in [-0.25, -0.2) is 10.9 Å². The lowest BCUT2D eigenvalue weighted by Gasteiger charge is -2.10. The molecule has 2 aromatic carbocycles. The number of rotatable bonds is 14. The summed E-state index contributed by atoms with van der Waals surface area (Å²) in [7, 11) is 6.15. The van der Waals surface area contributed by atoms with Crippen molar-refractivity contribution in [2.75, 3.05) is 28.4 Å². The summed E-state index contributed by atoms with van der Waals surface area (Å²) in [6, 6.07) is 10.7. The molecule has 0 aliphatic rings. The molecule has 218 valence electrons. The second-order valence-corrected chi connectivity index (χ2v) is 12.1. The van der Waals surface area contributed by atoms with Gasteiger partial charge in [-0.2, -0.15) is 10.2 Å². The van der Waals surface area contributed by atoms with E-state index in [0.29, 0.717) is 42.8 Å². The van der Waals surface area contributed by atoms with E-state index in [-0.39, 0.29) is 11.8 Å². The second-order valence-electron chi connectivity index (χ2n) is 7.99. The first-order chi connectivity index (χ1) is 19.8. The fourth-order valence-electron chi connectivity index (χ4n) is 3.24. The number of carbonyl (C=O) groups excluding carboxylic acids is 2. The number of ether oxygens (including phenoxy) is 4. The van der Waals surface area contributed by atoms with Crippen LogP contribution >= 0.6 is 34.9 Å². The van der Waals surface area contributed by atoms with Crippen molar-refractivity contribution in [1.82, 2.24) is 21.0 Å². The Morgan fingerprint density at radius 1 is 0.756 bits per heavy atom. The molecule has 0 saturated heterocycles. The monoisotopic (exact) mass is 618 g/mol. The molecular weight excluding hydrogens is 589 g/mol. The number of hydrazone groups is 2. The predicted molar refractivity (Wildman–Crippen MR) is 161 cm³/mol. The highest BCUT2D eigenvalue weighted by atomic mass is 32.2. The molecule has 0 radical (unpaired) electrons. The molecule has 0 spiro atoms. The van der Waals surface area contributed by atoms with Crippen molar-refractivity contribution in [2.24, 2.45) is 10.2 Å². The van der Waals surface area contributed by atoms with Gasteiger partial charge in [0.25, 0.3) is 11.8 Å². The molecule has 15 heteroatoms.